The minimum absolute atomic E-state index is 0.0176. The van der Waals surface area contributed by atoms with Crippen LogP contribution in [0.5, 0.6) is 0 Å². The van der Waals surface area contributed by atoms with Crippen LogP contribution >= 0.6 is 23.2 Å². The zero-order chi connectivity index (χ0) is 20.8. The maximum absolute atomic E-state index is 12.7. The van der Waals surface area contributed by atoms with Crippen LogP contribution in [0.3, 0.4) is 0 Å². The molecule has 0 radical (unpaired) electrons. The zero-order valence-electron chi connectivity index (χ0n) is 16.2. The van der Waals surface area contributed by atoms with Crippen molar-refractivity contribution in [2.45, 2.75) is 51.0 Å². The van der Waals surface area contributed by atoms with Gasteiger partial charge < -0.3 is 15.4 Å². The molecule has 29 heavy (non-hydrogen) atoms. The van der Waals surface area contributed by atoms with E-state index in [0.29, 0.717) is 38.3 Å². The topological polar surface area (TPSA) is 82.2 Å². The highest BCUT2D eigenvalue weighted by Crippen LogP contribution is 2.48. The number of hydrogen-bond acceptors (Lipinski definition) is 2. The first-order chi connectivity index (χ1) is 13.8. The number of carbonyl (C=O) groups is 2. The SMILES string of the molecule is CCC1CC2CCC(NC(=O)/C=C/c3c(C(=O)O)[nH]c4cc(Cl)cc(Cl)c34)(C1)C2. The molecule has 2 aliphatic carbocycles. The number of rotatable bonds is 5. The van der Waals surface area contributed by atoms with Crippen LogP contribution in [0.1, 0.15) is 61.5 Å². The first kappa shape index (κ1) is 20.3. The maximum atomic E-state index is 12.7. The molecule has 0 aliphatic heterocycles. The van der Waals surface area contributed by atoms with Gasteiger partial charge in [0.15, 0.2) is 0 Å². The number of amides is 1. The average Bonchev–Trinajstić information content (AvgIpc) is 3.17. The van der Waals surface area contributed by atoms with Gasteiger partial charge in [-0.15, -0.1) is 0 Å². The van der Waals surface area contributed by atoms with E-state index in [9.17, 15) is 14.7 Å². The number of carboxylic acid groups (broad SMARTS) is 1. The minimum Gasteiger partial charge on any atom is -0.477 e. The van der Waals surface area contributed by atoms with E-state index in [1.165, 1.54) is 25.0 Å². The van der Waals surface area contributed by atoms with Crippen molar-refractivity contribution in [3.05, 3.63) is 39.5 Å². The molecule has 2 fully saturated rings. The van der Waals surface area contributed by atoms with Gasteiger partial charge in [-0.2, -0.15) is 0 Å². The summed E-state index contributed by atoms with van der Waals surface area (Å²) in [6.07, 6.45) is 9.61. The molecule has 2 bridgehead atoms. The molecule has 0 saturated heterocycles. The van der Waals surface area contributed by atoms with Crippen LogP contribution in [-0.4, -0.2) is 27.5 Å². The predicted molar refractivity (Wildman–Crippen MR) is 116 cm³/mol. The van der Waals surface area contributed by atoms with Gasteiger partial charge in [0.05, 0.1) is 5.02 Å². The van der Waals surface area contributed by atoms with Gasteiger partial charge in [-0.1, -0.05) is 36.5 Å². The number of aromatic amines is 1. The van der Waals surface area contributed by atoms with Crippen LogP contribution in [0.4, 0.5) is 0 Å². The number of aromatic carboxylic acids is 1. The second-order valence-electron chi connectivity index (χ2n) is 8.45. The number of hydrogen-bond donors (Lipinski definition) is 3. The number of halogens is 2. The highest BCUT2D eigenvalue weighted by Gasteiger charge is 2.45. The van der Waals surface area contributed by atoms with Crippen molar-refractivity contribution in [2.75, 3.05) is 0 Å². The lowest BCUT2D eigenvalue weighted by Crippen LogP contribution is -2.48. The van der Waals surface area contributed by atoms with Crippen molar-refractivity contribution in [3.8, 4) is 0 Å². The van der Waals surface area contributed by atoms with E-state index in [1.807, 2.05) is 0 Å². The molecule has 7 heteroatoms. The number of aromatic nitrogens is 1. The van der Waals surface area contributed by atoms with Crippen molar-refractivity contribution in [1.82, 2.24) is 10.3 Å². The molecule has 1 heterocycles. The summed E-state index contributed by atoms with van der Waals surface area (Å²) in [4.78, 5) is 27.2. The molecule has 2 aliphatic rings. The first-order valence-corrected chi connectivity index (χ1v) is 10.8. The van der Waals surface area contributed by atoms with Crippen molar-refractivity contribution >= 4 is 52.1 Å². The van der Waals surface area contributed by atoms with E-state index in [4.69, 9.17) is 23.2 Å². The Hall–Kier alpha value is -1.98. The van der Waals surface area contributed by atoms with E-state index < -0.39 is 5.97 Å². The standard InChI is InChI=1S/C22H24Cl2N2O3/c1-2-12-7-13-5-6-22(10-12,11-13)26-18(27)4-3-15-19-16(24)8-14(23)9-17(19)25-20(15)21(28)29/h3-4,8-9,12-13,25H,2,5-7,10-11H2,1H3,(H,26,27)(H,28,29)/b4-3+. The zero-order valence-corrected chi connectivity index (χ0v) is 17.7. The second kappa shape index (κ2) is 7.69. The highest BCUT2D eigenvalue weighted by molar-refractivity contribution is 6.39. The third-order valence-electron chi connectivity index (χ3n) is 6.49. The Morgan fingerprint density at radius 3 is 2.86 bits per heavy atom. The minimum atomic E-state index is -1.12. The van der Waals surface area contributed by atoms with Gasteiger partial charge in [-0.05, 0) is 62.1 Å². The summed E-state index contributed by atoms with van der Waals surface area (Å²) in [5.74, 6) is 0.0481. The second-order valence-corrected chi connectivity index (χ2v) is 9.30. The van der Waals surface area contributed by atoms with Crippen molar-refractivity contribution in [2.24, 2.45) is 11.8 Å². The van der Waals surface area contributed by atoms with E-state index in [1.54, 1.807) is 12.1 Å². The van der Waals surface area contributed by atoms with Crippen LogP contribution in [0.2, 0.25) is 10.0 Å². The fourth-order valence-corrected chi connectivity index (χ4v) is 5.87. The summed E-state index contributed by atoms with van der Waals surface area (Å²) in [5, 5.41) is 14.1. The van der Waals surface area contributed by atoms with Gasteiger partial charge >= 0.3 is 5.97 Å². The predicted octanol–water partition coefficient (Wildman–Crippen LogP) is 5.66. The average molecular weight is 435 g/mol. The lowest BCUT2D eigenvalue weighted by atomic mass is 9.75. The Kier molecular flexibility index (Phi) is 5.38. The van der Waals surface area contributed by atoms with Gasteiger partial charge in [-0.25, -0.2) is 4.79 Å². The number of fused-ring (bicyclic) bond motifs is 3. The molecule has 2 saturated carbocycles. The summed E-state index contributed by atoms with van der Waals surface area (Å²) in [6.45, 7) is 2.21. The van der Waals surface area contributed by atoms with Gasteiger partial charge in [0, 0.05) is 33.1 Å². The Balaban J connectivity index is 1.60. The van der Waals surface area contributed by atoms with Crippen LogP contribution in [0.25, 0.3) is 17.0 Å². The summed E-state index contributed by atoms with van der Waals surface area (Å²) in [6, 6.07) is 3.18. The Labute approximate surface area is 179 Å². The van der Waals surface area contributed by atoms with Crippen molar-refractivity contribution < 1.29 is 14.7 Å². The number of nitrogens with one attached hydrogen (secondary N) is 2. The van der Waals surface area contributed by atoms with Crippen LogP contribution in [0.15, 0.2) is 18.2 Å². The molecule has 3 atom stereocenters. The van der Waals surface area contributed by atoms with Gasteiger partial charge in [0.1, 0.15) is 5.69 Å². The lowest BCUT2D eigenvalue weighted by Gasteiger charge is -2.38. The molecule has 3 N–H and O–H groups in total. The van der Waals surface area contributed by atoms with E-state index in [0.717, 1.165) is 25.7 Å². The van der Waals surface area contributed by atoms with Gasteiger partial charge in [0.25, 0.3) is 0 Å². The summed E-state index contributed by atoms with van der Waals surface area (Å²) < 4.78 is 0. The smallest absolute Gasteiger partial charge is 0.352 e. The highest BCUT2D eigenvalue weighted by atomic mass is 35.5. The van der Waals surface area contributed by atoms with E-state index in [2.05, 4.69) is 17.2 Å². The van der Waals surface area contributed by atoms with Crippen LogP contribution in [0, 0.1) is 11.8 Å². The Morgan fingerprint density at radius 2 is 2.14 bits per heavy atom. The molecule has 154 valence electrons. The first-order valence-electron chi connectivity index (χ1n) is 10.0. The number of H-pyrrole nitrogens is 1. The largest absolute Gasteiger partial charge is 0.477 e. The number of carbonyl (C=O) groups excluding carboxylic acids is 1. The molecular formula is C22H24Cl2N2O3. The summed E-state index contributed by atoms with van der Waals surface area (Å²) in [7, 11) is 0. The molecule has 5 nitrogen and oxygen atoms in total. The van der Waals surface area contributed by atoms with Gasteiger partial charge in [0.2, 0.25) is 5.91 Å². The fourth-order valence-electron chi connectivity index (χ4n) is 5.28. The third kappa shape index (κ3) is 3.90. The molecule has 1 amide bonds. The Morgan fingerprint density at radius 1 is 1.34 bits per heavy atom. The normalized spacial score (nSPS) is 26.3. The number of carboxylic acids is 1. The molecule has 1 aromatic heterocycles. The Bertz CT molecular complexity index is 1010. The quantitative estimate of drug-likeness (QED) is 0.530. The molecule has 0 spiro atoms. The fraction of sp³-hybridized carbons (Fsp3) is 0.455. The lowest BCUT2D eigenvalue weighted by molar-refractivity contribution is -0.118. The van der Waals surface area contributed by atoms with Crippen LogP contribution < -0.4 is 5.32 Å². The number of benzene rings is 1. The van der Waals surface area contributed by atoms with Gasteiger partial charge in [-0.3, -0.25) is 4.79 Å². The van der Waals surface area contributed by atoms with Crippen LogP contribution in [-0.2, 0) is 4.79 Å². The molecule has 3 unspecified atom stereocenters. The van der Waals surface area contributed by atoms with Crippen molar-refractivity contribution in [1.29, 1.82) is 0 Å². The summed E-state index contributed by atoms with van der Waals surface area (Å²) in [5.41, 5.74) is 0.763. The molecule has 4 rings (SSSR count). The van der Waals surface area contributed by atoms with Crippen molar-refractivity contribution in [3.63, 3.8) is 0 Å². The monoisotopic (exact) mass is 434 g/mol. The van der Waals surface area contributed by atoms with E-state index in [-0.39, 0.29) is 17.1 Å². The maximum Gasteiger partial charge on any atom is 0.352 e. The van der Waals surface area contributed by atoms with E-state index >= 15 is 0 Å². The summed E-state index contributed by atoms with van der Waals surface area (Å²) >= 11 is 12.3. The third-order valence-corrected chi connectivity index (χ3v) is 7.01. The molecular weight excluding hydrogens is 411 g/mol. The molecule has 1 aromatic carbocycles. The molecule has 2 aromatic rings.